The van der Waals surface area contributed by atoms with Crippen LogP contribution in [0.2, 0.25) is 0 Å². The van der Waals surface area contributed by atoms with E-state index in [1.165, 1.54) is 0 Å². The van der Waals surface area contributed by atoms with Crippen LogP contribution in [0.1, 0.15) is 17.4 Å². The van der Waals surface area contributed by atoms with Gasteiger partial charge in [-0.3, -0.25) is 14.9 Å². The van der Waals surface area contributed by atoms with Crippen LogP contribution >= 0.6 is 0 Å². The third kappa shape index (κ3) is 3.51. The van der Waals surface area contributed by atoms with Gasteiger partial charge in [-0.1, -0.05) is 18.2 Å². The number of nitrogens with two attached hydrogens (primary N) is 1. The molecule has 9 heteroatoms. The van der Waals surface area contributed by atoms with Crippen molar-refractivity contribution in [3.63, 3.8) is 0 Å². The number of benzene rings is 1. The Hall–Kier alpha value is -3.23. The van der Waals surface area contributed by atoms with E-state index in [1.54, 1.807) is 36.5 Å². The fraction of sp³-hybridized carbons (Fsp3) is 0.214. The highest BCUT2D eigenvalue weighted by Gasteiger charge is 2.18. The van der Waals surface area contributed by atoms with Gasteiger partial charge >= 0.3 is 12.0 Å². The lowest BCUT2D eigenvalue weighted by Gasteiger charge is -2.09. The number of imide groups is 1. The monoisotopic (exact) mass is 318 g/mol. The maximum Gasteiger partial charge on any atom is 0.359 e. The number of fused-ring (bicyclic) bond motifs is 1. The third-order valence-electron chi connectivity index (χ3n) is 2.96. The molecule has 0 atom stereocenters. The molecule has 0 aliphatic carbocycles. The molecule has 0 fully saturated rings. The zero-order chi connectivity index (χ0) is 17.0. The first-order chi connectivity index (χ1) is 10.9. The van der Waals surface area contributed by atoms with E-state index in [4.69, 9.17) is 10.5 Å². The first kappa shape index (κ1) is 16.1. The fourth-order valence-corrected chi connectivity index (χ4v) is 1.97. The molecule has 0 aliphatic heterocycles. The molecule has 9 nitrogen and oxygen atoms in total. The Morgan fingerprint density at radius 2 is 1.91 bits per heavy atom. The lowest BCUT2D eigenvalue weighted by atomic mass is 10.1. The van der Waals surface area contributed by atoms with Crippen molar-refractivity contribution in [1.82, 2.24) is 15.1 Å². The van der Waals surface area contributed by atoms with Crippen LogP contribution in [0.5, 0.6) is 0 Å². The Kier molecular flexibility index (Phi) is 4.69. The van der Waals surface area contributed by atoms with Gasteiger partial charge in [0.05, 0.1) is 5.39 Å². The molecule has 0 saturated heterocycles. The predicted molar refractivity (Wildman–Crippen MR) is 79.7 cm³/mol. The van der Waals surface area contributed by atoms with Crippen molar-refractivity contribution in [2.75, 3.05) is 6.61 Å². The van der Waals surface area contributed by atoms with Crippen LogP contribution in [-0.4, -0.2) is 34.3 Å². The molecule has 0 unspecified atom stereocenters. The van der Waals surface area contributed by atoms with Gasteiger partial charge in [-0.2, -0.15) is 5.10 Å². The van der Waals surface area contributed by atoms with Crippen molar-refractivity contribution in [3.8, 4) is 0 Å². The smallest absolute Gasteiger partial charge is 0.359 e. The van der Waals surface area contributed by atoms with Crippen molar-refractivity contribution in [3.05, 3.63) is 40.3 Å². The zero-order valence-corrected chi connectivity index (χ0v) is 12.2. The summed E-state index contributed by atoms with van der Waals surface area (Å²) in [6.45, 7) is 1.29. The highest BCUT2D eigenvalue weighted by atomic mass is 16.5. The largest absolute Gasteiger partial charge is 0.451 e. The second kappa shape index (κ2) is 6.69. The van der Waals surface area contributed by atoms with E-state index in [0.29, 0.717) is 10.8 Å². The highest BCUT2D eigenvalue weighted by molar-refractivity contribution is 6.03. The Bertz CT molecular complexity index is 843. The Morgan fingerprint density at radius 3 is 2.52 bits per heavy atom. The molecule has 3 N–H and O–H groups in total. The van der Waals surface area contributed by atoms with Crippen molar-refractivity contribution in [2.45, 2.75) is 13.5 Å². The number of aromatic nitrogens is 2. The number of esters is 1. The van der Waals surface area contributed by atoms with Gasteiger partial charge in [0.25, 0.3) is 11.5 Å². The summed E-state index contributed by atoms with van der Waals surface area (Å²) in [6.07, 6.45) is 0. The number of amides is 3. The summed E-state index contributed by atoms with van der Waals surface area (Å²) in [5, 5.41) is 6.37. The van der Waals surface area contributed by atoms with Crippen molar-refractivity contribution >= 4 is 28.7 Å². The van der Waals surface area contributed by atoms with Crippen LogP contribution in [0, 0.1) is 0 Å². The van der Waals surface area contributed by atoms with Crippen LogP contribution < -0.4 is 16.6 Å². The summed E-state index contributed by atoms with van der Waals surface area (Å²) in [4.78, 5) is 46.1. The van der Waals surface area contributed by atoms with Gasteiger partial charge in [0.15, 0.2) is 12.3 Å². The van der Waals surface area contributed by atoms with E-state index >= 15 is 0 Å². The summed E-state index contributed by atoms with van der Waals surface area (Å²) in [5.41, 5.74) is 4.36. The predicted octanol–water partition coefficient (Wildman–Crippen LogP) is -0.232. The van der Waals surface area contributed by atoms with Crippen LogP contribution in [0.3, 0.4) is 0 Å². The summed E-state index contributed by atoms with van der Waals surface area (Å²) >= 11 is 0. The lowest BCUT2D eigenvalue weighted by molar-refractivity contribution is -0.123. The number of urea groups is 1. The average molecular weight is 318 g/mol. The molecular weight excluding hydrogens is 304 g/mol. The first-order valence-electron chi connectivity index (χ1n) is 6.70. The quantitative estimate of drug-likeness (QED) is 0.748. The van der Waals surface area contributed by atoms with Crippen LogP contribution in [0.4, 0.5) is 4.79 Å². The maximum absolute atomic E-state index is 12.2. The first-order valence-corrected chi connectivity index (χ1v) is 6.70. The summed E-state index contributed by atoms with van der Waals surface area (Å²) in [6, 6.07) is 5.40. The molecule has 0 aliphatic rings. The lowest BCUT2D eigenvalue weighted by Crippen LogP contribution is -2.38. The van der Waals surface area contributed by atoms with E-state index in [-0.39, 0.29) is 17.8 Å². The van der Waals surface area contributed by atoms with Gasteiger partial charge in [0.1, 0.15) is 0 Å². The number of hydrogen-bond donors (Lipinski definition) is 2. The van der Waals surface area contributed by atoms with Gasteiger partial charge in [0.2, 0.25) is 0 Å². The van der Waals surface area contributed by atoms with Crippen LogP contribution in [0.25, 0.3) is 10.8 Å². The minimum Gasteiger partial charge on any atom is -0.451 e. The fourth-order valence-electron chi connectivity index (χ4n) is 1.97. The Labute approximate surface area is 130 Å². The second-order valence-corrected chi connectivity index (χ2v) is 4.50. The number of ether oxygens (including phenoxy) is 1. The number of nitrogens with one attached hydrogen (secondary N) is 1. The number of rotatable bonds is 4. The number of aryl methyl sites for hydroxylation is 1. The minimum absolute atomic E-state index is 0.0890. The summed E-state index contributed by atoms with van der Waals surface area (Å²) in [5.74, 6) is -1.75. The van der Waals surface area contributed by atoms with Gasteiger partial charge in [-0.05, 0) is 13.0 Å². The van der Waals surface area contributed by atoms with E-state index in [2.05, 4.69) is 5.10 Å². The number of carbonyl (C=O) groups is 3. The van der Waals surface area contributed by atoms with Crippen molar-refractivity contribution in [2.24, 2.45) is 5.73 Å². The topological polar surface area (TPSA) is 133 Å². The Balaban J connectivity index is 2.33. The van der Waals surface area contributed by atoms with Crippen LogP contribution in [0.15, 0.2) is 29.1 Å². The van der Waals surface area contributed by atoms with Crippen molar-refractivity contribution < 1.29 is 19.1 Å². The molecule has 0 radical (unpaired) electrons. The van der Waals surface area contributed by atoms with Gasteiger partial charge < -0.3 is 10.5 Å². The SMILES string of the molecule is CCn1nc(C(=O)OCC(=O)NC(N)=O)c2ccccc2c1=O. The van der Waals surface area contributed by atoms with Gasteiger partial charge in [-0.25, -0.2) is 14.3 Å². The average Bonchev–Trinajstić information content (AvgIpc) is 2.52. The third-order valence-corrected chi connectivity index (χ3v) is 2.96. The van der Waals surface area contributed by atoms with Crippen LogP contribution in [-0.2, 0) is 16.1 Å². The number of primary amides is 1. The van der Waals surface area contributed by atoms with E-state index in [9.17, 15) is 19.2 Å². The molecule has 3 amide bonds. The van der Waals surface area contributed by atoms with Gasteiger partial charge in [-0.15, -0.1) is 0 Å². The number of carbonyl (C=O) groups excluding carboxylic acids is 3. The summed E-state index contributed by atoms with van der Waals surface area (Å²) < 4.78 is 5.93. The molecule has 120 valence electrons. The molecule has 23 heavy (non-hydrogen) atoms. The molecule has 2 rings (SSSR count). The Morgan fingerprint density at radius 1 is 1.26 bits per heavy atom. The molecule has 0 spiro atoms. The molecule has 0 saturated carbocycles. The number of hydrogen-bond acceptors (Lipinski definition) is 6. The van der Waals surface area contributed by atoms with E-state index < -0.39 is 24.5 Å². The molecule has 1 aromatic carbocycles. The zero-order valence-electron chi connectivity index (χ0n) is 12.2. The molecule has 1 heterocycles. The standard InChI is InChI=1S/C14H14N4O5/c1-2-18-12(20)9-6-4-3-5-8(9)11(17-18)13(21)23-7-10(19)16-14(15)22/h3-6H,2,7H2,1H3,(H3,15,16,19,22). The molecule has 1 aromatic heterocycles. The van der Waals surface area contributed by atoms with E-state index in [1.807, 2.05) is 0 Å². The highest BCUT2D eigenvalue weighted by Crippen LogP contribution is 2.14. The second-order valence-electron chi connectivity index (χ2n) is 4.50. The molecule has 0 bridgehead atoms. The number of nitrogens with zero attached hydrogens (tertiary/aromatic N) is 2. The van der Waals surface area contributed by atoms with Gasteiger partial charge in [0, 0.05) is 11.9 Å². The normalized spacial score (nSPS) is 10.3. The van der Waals surface area contributed by atoms with E-state index in [0.717, 1.165) is 4.68 Å². The molecular formula is C14H14N4O5. The van der Waals surface area contributed by atoms with Crippen molar-refractivity contribution in [1.29, 1.82) is 0 Å². The maximum atomic E-state index is 12.2. The molecule has 2 aromatic rings. The minimum atomic E-state index is -1.05. The summed E-state index contributed by atoms with van der Waals surface area (Å²) in [7, 11) is 0.